The van der Waals surface area contributed by atoms with Crippen LogP contribution in [0, 0.1) is 30.4 Å². The molecular formula is C29H32F2N2O3S. The predicted molar refractivity (Wildman–Crippen MR) is 139 cm³/mol. The van der Waals surface area contributed by atoms with Gasteiger partial charge in [0, 0.05) is 13.1 Å². The van der Waals surface area contributed by atoms with E-state index in [1.807, 2.05) is 37.3 Å². The zero-order valence-electron chi connectivity index (χ0n) is 20.8. The molecule has 2 N–H and O–H groups in total. The molecule has 1 saturated carbocycles. The number of benzene rings is 3. The summed E-state index contributed by atoms with van der Waals surface area (Å²) in [6.45, 7) is 2.12. The Balaban J connectivity index is 1.54. The summed E-state index contributed by atoms with van der Waals surface area (Å²) < 4.78 is 57.3. The van der Waals surface area contributed by atoms with Crippen LogP contribution in [-0.2, 0) is 21.4 Å². The summed E-state index contributed by atoms with van der Waals surface area (Å²) in [7, 11) is -4.44. The van der Waals surface area contributed by atoms with Crippen LogP contribution in [0.4, 0.5) is 8.78 Å². The standard InChI is InChI=1S/C29H32F2N2O3S/c1-20-10-14-23(15-11-20)27(29(32)34)24-16-12-22(13-17-24)19-33(18-21-6-3-2-4-7-21)37(35,36)28-25(30)8-5-9-26(28)31/h2-11,14-15,22,24,27H,12-13,16-19H2,1H3,(H2,32,34). The molecule has 0 spiro atoms. The van der Waals surface area contributed by atoms with Gasteiger partial charge >= 0.3 is 0 Å². The van der Waals surface area contributed by atoms with E-state index in [0.717, 1.165) is 34.9 Å². The fourth-order valence-electron chi connectivity index (χ4n) is 5.33. The van der Waals surface area contributed by atoms with Crippen LogP contribution in [0.3, 0.4) is 0 Å². The molecule has 1 aliphatic rings. The zero-order chi connectivity index (χ0) is 26.6. The van der Waals surface area contributed by atoms with Crippen molar-refractivity contribution in [2.75, 3.05) is 6.54 Å². The number of nitrogens with zero attached hydrogens (tertiary/aromatic N) is 1. The minimum atomic E-state index is -4.44. The van der Waals surface area contributed by atoms with Gasteiger partial charge in [0.05, 0.1) is 5.92 Å². The van der Waals surface area contributed by atoms with Gasteiger partial charge in [0.15, 0.2) is 4.90 Å². The molecule has 4 rings (SSSR count). The van der Waals surface area contributed by atoms with E-state index in [4.69, 9.17) is 5.73 Å². The average Bonchev–Trinajstić information content (AvgIpc) is 2.86. The Morgan fingerprint density at radius 2 is 1.51 bits per heavy atom. The monoisotopic (exact) mass is 526 g/mol. The van der Waals surface area contributed by atoms with Crippen LogP contribution in [-0.4, -0.2) is 25.2 Å². The second kappa shape index (κ2) is 11.5. The lowest BCUT2D eigenvalue weighted by Gasteiger charge is -2.35. The maximum atomic E-state index is 14.5. The van der Waals surface area contributed by atoms with Crippen molar-refractivity contribution in [2.45, 2.75) is 50.0 Å². The number of hydrogen-bond acceptors (Lipinski definition) is 3. The number of carbonyl (C=O) groups excluding carboxylic acids is 1. The van der Waals surface area contributed by atoms with Crippen molar-refractivity contribution in [1.82, 2.24) is 4.31 Å². The topological polar surface area (TPSA) is 80.5 Å². The summed E-state index contributed by atoms with van der Waals surface area (Å²) in [6.07, 6.45) is 2.78. The molecule has 1 atom stereocenters. The fraction of sp³-hybridized carbons (Fsp3) is 0.345. The van der Waals surface area contributed by atoms with Gasteiger partial charge in [0.25, 0.3) is 0 Å². The first kappa shape index (κ1) is 26.9. The highest BCUT2D eigenvalue weighted by molar-refractivity contribution is 7.89. The average molecular weight is 527 g/mol. The first-order chi connectivity index (χ1) is 17.7. The summed E-state index contributed by atoms with van der Waals surface area (Å²) in [4.78, 5) is 11.4. The van der Waals surface area contributed by atoms with Crippen molar-refractivity contribution in [3.05, 3.63) is 101 Å². The number of primary amides is 1. The third-order valence-electron chi connectivity index (χ3n) is 7.29. The smallest absolute Gasteiger partial charge is 0.249 e. The van der Waals surface area contributed by atoms with Gasteiger partial charge in [-0.1, -0.05) is 66.2 Å². The largest absolute Gasteiger partial charge is 0.369 e. The number of halogens is 2. The lowest BCUT2D eigenvalue weighted by molar-refractivity contribution is -0.121. The van der Waals surface area contributed by atoms with Gasteiger partial charge < -0.3 is 5.73 Å². The van der Waals surface area contributed by atoms with E-state index in [1.54, 1.807) is 24.3 Å². The molecule has 1 unspecified atom stereocenters. The molecule has 0 radical (unpaired) electrons. The highest BCUT2D eigenvalue weighted by Gasteiger charge is 2.36. The van der Waals surface area contributed by atoms with Crippen LogP contribution in [0.15, 0.2) is 77.7 Å². The SMILES string of the molecule is Cc1ccc(C(C(N)=O)C2CCC(CN(Cc3ccccc3)S(=O)(=O)c3c(F)cccc3F)CC2)cc1. The lowest BCUT2D eigenvalue weighted by atomic mass is 9.73. The van der Waals surface area contributed by atoms with Gasteiger partial charge in [0.2, 0.25) is 15.9 Å². The summed E-state index contributed by atoms with van der Waals surface area (Å²) in [5, 5.41) is 0. The number of sulfonamides is 1. The molecule has 1 aliphatic carbocycles. The van der Waals surface area contributed by atoms with Crippen LogP contribution in [0.25, 0.3) is 0 Å². The van der Waals surface area contributed by atoms with Crippen molar-refractivity contribution in [3.8, 4) is 0 Å². The summed E-state index contributed by atoms with van der Waals surface area (Å²) >= 11 is 0. The third-order valence-corrected chi connectivity index (χ3v) is 9.15. The Kier molecular flexibility index (Phi) is 8.39. The Hall–Kier alpha value is -3.10. The molecule has 3 aromatic rings. The molecule has 0 heterocycles. The normalized spacial score (nSPS) is 19.0. The molecular weight excluding hydrogens is 494 g/mol. The van der Waals surface area contributed by atoms with E-state index in [1.165, 1.54) is 4.31 Å². The first-order valence-corrected chi connectivity index (χ1v) is 13.9. The molecule has 0 aliphatic heterocycles. The van der Waals surface area contributed by atoms with Crippen molar-refractivity contribution in [1.29, 1.82) is 0 Å². The summed E-state index contributed by atoms with van der Waals surface area (Å²) in [6, 6.07) is 19.9. The molecule has 8 heteroatoms. The van der Waals surface area contributed by atoms with Gasteiger partial charge in [-0.25, -0.2) is 17.2 Å². The van der Waals surface area contributed by atoms with E-state index < -0.39 is 32.5 Å². The highest BCUT2D eigenvalue weighted by atomic mass is 32.2. The van der Waals surface area contributed by atoms with E-state index in [9.17, 15) is 22.0 Å². The Morgan fingerprint density at radius 3 is 2.08 bits per heavy atom. The maximum Gasteiger partial charge on any atom is 0.249 e. The highest BCUT2D eigenvalue weighted by Crippen LogP contribution is 2.39. The van der Waals surface area contributed by atoms with E-state index in [0.29, 0.717) is 25.7 Å². The maximum absolute atomic E-state index is 14.5. The van der Waals surface area contributed by atoms with E-state index in [-0.39, 0.29) is 30.8 Å². The van der Waals surface area contributed by atoms with Crippen molar-refractivity contribution in [3.63, 3.8) is 0 Å². The number of rotatable bonds is 9. The van der Waals surface area contributed by atoms with Gasteiger partial charge in [-0.05, 0) is 67.7 Å². The summed E-state index contributed by atoms with van der Waals surface area (Å²) in [5.74, 6) is -2.95. The number of amides is 1. The molecule has 0 aromatic heterocycles. The number of nitrogens with two attached hydrogens (primary N) is 1. The van der Waals surface area contributed by atoms with Crippen molar-refractivity contribution >= 4 is 15.9 Å². The van der Waals surface area contributed by atoms with Gasteiger partial charge in [0.1, 0.15) is 11.6 Å². The predicted octanol–water partition coefficient (Wildman–Crippen LogP) is 5.54. The van der Waals surface area contributed by atoms with Crippen LogP contribution in [0.2, 0.25) is 0 Å². The number of aryl methyl sites for hydroxylation is 1. The third kappa shape index (κ3) is 6.25. The Morgan fingerprint density at radius 1 is 0.919 bits per heavy atom. The first-order valence-electron chi connectivity index (χ1n) is 12.5. The second-order valence-electron chi connectivity index (χ2n) is 9.91. The van der Waals surface area contributed by atoms with E-state index in [2.05, 4.69) is 0 Å². The van der Waals surface area contributed by atoms with Crippen LogP contribution >= 0.6 is 0 Å². The van der Waals surface area contributed by atoms with Crippen LogP contribution in [0.1, 0.15) is 48.3 Å². The quantitative estimate of drug-likeness (QED) is 0.398. The molecule has 3 aromatic carbocycles. The lowest BCUT2D eigenvalue weighted by Crippen LogP contribution is -2.38. The van der Waals surface area contributed by atoms with Gasteiger partial charge in [-0.3, -0.25) is 4.79 Å². The van der Waals surface area contributed by atoms with E-state index >= 15 is 0 Å². The molecule has 0 bridgehead atoms. The molecule has 196 valence electrons. The van der Waals surface area contributed by atoms with Crippen molar-refractivity contribution in [2.24, 2.45) is 17.6 Å². The minimum absolute atomic E-state index is 0.00412. The molecule has 1 amide bonds. The zero-order valence-corrected chi connectivity index (χ0v) is 21.6. The number of carbonyl (C=O) groups is 1. The molecule has 0 saturated heterocycles. The molecule has 5 nitrogen and oxygen atoms in total. The Labute approximate surface area is 217 Å². The minimum Gasteiger partial charge on any atom is -0.369 e. The molecule has 37 heavy (non-hydrogen) atoms. The van der Waals surface area contributed by atoms with Crippen LogP contribution in [0.5, 0.6) is 0 Å². The second-order valence-corrected chi connectivity index (χ2v) is 11.8. The summed E-state index contributed by atoms with van der Waals surface area (Å²) in [5.41, 5.74) is 8.51. The van der Waals surface area contributed by atoms with Crippen molar-refractivity contribution < 1.29 is 22.0 Å². The Bertz CT molecular complexity index is 1300. The fourth-order valence-corrected chi connectivity index (χ4v) is 6.94. The van der Waals surface area contributed by atoms with Gasteiger partial charge in [-0.15, -0.1) is 0 Å². The van der Waals surface area contributed by atoms with Crippen LogP contribution < -0.4 is 5.73 Å². The number of hydrogen-bond donors (Lipinski definition) is 1. The van der Waals surface area contributed by atoms with Gasteiger partial charge in [-0.2, -0.15) is 4.31 Å². The molecule has 1 fully saturated rings.